The van der Waals surface area contributed by atoms with E-state index in [4.69, 9.17) is 0 Å². The second-order valence-corrected chi connectivity index (χ2v) is 10.7. The molecule has 3 atom stereocenters. The maximum absolute atomic E-state index is 13.7. The van der Waals surface area contributed by atoms with Crippen molar-refractivity contribution < 1.29 is 28.4 Å². The Morgan fingerprint density at radius 3 is 2.57 bits per heavy atom. The monoisotopic (exact) mass is 519 g/mol. The Hall–Kier alpha value is -2.75. The number of carbonyl (C=O) groups excluding carboxylic acids is 2. The summed E-state index contributed by atoms with van der Waals surface area (Å²) in [6, 6.07) is 10.2. The number of likely N-dealkylation sites (tertiary alicyclic amines) is 2. The number of nitrogens with zero attached hydrogens (tertiary/aromatic N) is 3. The van der Waals surface area contributed by atoms with Gasteiger partial charge in [-0.2, -0.15) is 5.26 Å². The zero-order valence-electron chi connectivity index (χ0n) is 21.4. The number of urea groups is 1. The van der Waals surface area contributed by atoms with E-state index in [1.807, 2.05) is 30.3 Å². The molecular weight excluding hydrogens is 483 g/mol. The van der Waals surface area contributed by atoms with Gasteiger partial charge in [0.1, 0.15) is 5.92 Å². The molecule has 0 radical (unpaired) electrons. The molecule has 12 heteroatoms. The Balaban J connectivity index is 1.55. The van der Waals surface area contributed by atoms with Crippen LogP contribution < -0.4 is 10.6 Å². The van der Waals surface area contributed by atoms with Gasteiger partial charge >= 0.3 is 13.1 Å². The first-order valence-corrected chi connectivity index (χ1v) is 12.7. The number of alkyl halides is 2. The van der Waals surface area contributed by atoms with Crippen LogP contribution in [0.3, 0.4) is 0 Å². The molecule has 3 rings (SSSR count). The second-order valence-electron chi connectivity index (χ2n) is 10.7. The zero-order chi connectivity index (χ0) is 27.2. The third-order valence-electron chi connectivity index (χ3n) is 7.23. The number of benzene rings is 1. The third-order valence-corrected chi connectivity index (χ3v) is 7.23. The van der Waals surface area contributed by atoms with Crippen molar-refractivity contribution in [3.63, 3.8) is 0 Å². The molecule has 2 aliphatic rings. The van der Waals surface area contributed by atoms with Crippen LogP contribution in [0.15, 0.2) is 30.3 Å². The van der Waals surface area contributed by atoms with Crippen molar-refractivity contribution >= 4 is 19.1 Å². The number of amides is 3. The lowest BCUT2D eigenvalue weighted by Gasteiger charge is -2.39. The van der Waals surface area contributed by atoms with Crippen molar-refractivity contribution in [3.8, 4) is 6.07 Å². The van der Waals surface area contributed by atoms with E-state index in [2.05, 4.69) is 16.7 Å². The summed E-state index contributed by atoms with van der Waals surface area (Å²) in [5.74, 6) is -5.05. The van der Waals surface area contributed by atoms with Crippen LogP contribution in [-0.2, 0) is 11.2 Å². The van der Waals surface area contributed by atoms with E-state index in [0.29, 0.717) is 19.4 Å². The van der Waals surface area contributed by atoms with E-state index in [1.165, 1.54) is 0 Å². The van der Waals surface area contributed by atoms with Crippen LogP contribution in [0.1, 0.15) is 45.1 Å². The van der Waals surface area contributed by atoms with Crippen molar-refractivity contribution in [2.45, 2.75) is 69.4 Å². The largest absolute Gasteiger partial charge is 0.475 e. The van der Waals surface area contributed by atoms with Gasteiger partial charge in [-0.3, -0.25) is 9.69 Å². The van der Waals surface area contributed by atoms with Crippen LogP contribution in [0.5, 0.6) is 0 Å². The van der Waals surface area contributed by atoms with Gasteiger partial charge in [0.05, 0.1) is 18.6 Å². The lowest BCUT2D eigenvalue weighted by Crippen LogP contribution is -2.57. The molecule has 37 heavy (non-hydrogen) atoms. The highest BCUT2D eigenvalue weighted by Crippen LogP contribution is 2.35. The molecule has 2 saturated heterocycles. The van der Waals surface area contributed by atoms with Crippen LogP contribution in [0.25, 0.3) is 0 Å². The van der Waals surface area contributed by atoms with E-state index in [0.717, 1.165) is 5.56 Å². The molecule has 3 amide bonds. The fraction of sp³-hybridized carbons (Fsp3) is 0.640. The maximum Gasteiger partial charge on any atom is 0.475 e. The Morgan fingerprint density at radius 2 is 1.97 bits per heavy atom. The van der Waals surface area contributed by atoms with E-state index >= 15 is 0 Å². The van der Waals surface area contributed by atoms with Gasteiger partial charge in [-0.25, -0.2) is 13.6 Å². The van der Waals surface area contributed by atoms with Gasteiger partial charge in [0.15, 0.2) is 0 Å². The quantitative estimate of drug-likeness (QED) is 0.367. The van der Waals surface area contributed by atoms with Crippen LogP contribution in [-0.4, -0.2) is 88.5 Å². The predicted octanol–water partition coefficient (Wildman–Crippen LogP) is 1.55. The molecule has 1 aromatic carbocycles. The Morgan fingerprint density at radius 1 is 1.27 bits per heavy atom. The Kier molecular flexibility index (Phi) is 9.50. The Bertz CT molecular complexity index is 976. The molecule has 4 N–H and O–H groups in total. The number of carbonyl (C=O) groups is 2. The highest BCUT2D eigenvalue weighted by Gasteiger charge is 2.45. The van der Waals surface area contributed by atoms with Gasteiger partial charge in [-0.15, -0.1) is 0 Å². The fourth-order valence-electron chi connectivity index (χ4n) is 5.08. The summed E-state index contributed by atoms with van der Waals surface area (Å²) >= 11 is 0. The third kappa shape index (κ3) is 8.12. The van der Waals surface area contributed by atoms with E-state index in [1.54, 1.807) is 23.6 Å². The minimum absolute atomic E-state index is 0.128. The summed E-state index contributed by atoms with van der Waals surface area (Å²) in [4.78, 5) is 29.0. The van der Waals surface area contributed by atoms with Crippen molar-refractivity contribution in [1.29, 1.82) is 5.26 Å². The van der Waals surface area contributed by atoms with Gasteiger partial charge in [-0.1, -0.05) is 30.3 Å². The van der Waals surface area contributed by atoms with Crippen molar-refractivity contribution in [1.82, 2.24) is 20.4 Å². The molecule has 2 fully saturated rings. The average Bonchev–Trinajstić information content (AvgIpc) is 3.23. The molecule has 0 saturated carbocycles. The number of piperidine rings is 1. The SMILES string of the molecule is CC(C)(CC(C#N)C(=O)N1CCC[C@H](NC(=O)N[C@@H](Cc2ccccc2)B(O)O)C1)N1CCC(F)(F)C1. The van der Waals surface area contributed by atoms with E-state index in [-0.39, 0.29) is 50.8 Å². The summed E-state index contributed by atoms with van der Waals surface area (Å²) in [6.45, 7) is 4.02. The molecule has 0 aliphatic carbocycles. The molecule has 2 aliphatic heterocycles. The number of halogens is 2. The summed E-state index contributed by atoms with van der Waals surface area (Å²) in [7, 11) is -1.76. The van der Waals surface area contributed by atoms with Crippen LogP contribution >= 0.6 is 0 Å². The molecule has 202 valence electrons. The zero-order valence-corrected chi connectivity index (χ0v) is 21.4. The van der Waals surface area contributed by atoms with Crippen LogP contribution in [0, 0.1) is 17.2 Å². The van der Waals surface area contributed by atoms with Gasteiger partial charge in [-0.05, 0) is 45.1 Å². The van der Waals surface area contributed by atoms with Crippen LogP contribution in [0.2, 0.25) is 0 Å². The average molecular weight is 519 g/mol. The molecule has 0 spiro atoms. The molecular formula is C25H36BF2N5O4. The molecule has 1 unspecified atom stereocenters. The molecule has 2 heterocycles. The Labute approximate surface area is 217 Å². The van der Waals surface area contributed by atoms with Gasteiger partial charge in [0.25, 0.3) is 5.92 Å². The molecule has 0 aromatic heterocycles. The smallest absolute Gasteiger partial charge is 0.426 e. The normalized spacial score (nSPS) is 21.5. The summed E-state index contributed by atoms with van der Waals surface area (Å²) in [5, 5.41) is 34.5. The summed E-state index contributed by atoms with van der Waals surface area (Å²) in [6.07, 6.45) is 1.36. The van der Waals surface area contributed by atoms with Gasteiger partial charge < -0.3 is 25.6 Å². The van der Waals surface area contributed by atoms with E-state index in [9.17, 15) is 33.7 Å². The van der Waals surface area contributed by atoms with Gasteiger partial charge in [0, 0.05) is 37.6 Å². The molecule has 9 nitrogen and oxygen atoms in total. The summed E-state index contributed by atoms with van der Waals surface area (Å²) in [5.41, 5.74) is 0.0841. The predicted molar refractivity (Wildman–Crippen MR) is 134 cm³/mol. The standard InChI is InChI=1S/C25H36BF2N5O4/c1-24(2,33-12-10-25(27,28)17-33)14-19(15-29)22(34)32-11-6-9-20(16-32)30-23(35)31-21(26(36)37)13-18-7-4-3-5-8-18/h3-5,7-8,19-21,36-37H,6,9-14,16-17H2,1-2H3,(H2,30,31,35)/t19?,20-,21-/m0/s1. The number of rotatable bonds is 9. The molecule has 0 bridgehead atoms. The maximum atomic E-state index is 13.7. The van der Waals surface area contributed by atoms with Crippen molar-refractivity contribution in [3.05, 3.63) is 35.9 Å². The lowest BCUT2D eigenvalue weighted by atomic mass is 9.76. The second kappa shape index (κ2) is 12.2. The van der Waals surface area contributed by atoms with Gasteiger partial charge in [0.2, 0.25) is 5.91 Å². The highest BCUT2D eigenvalue weighted by molar-refractivity contribution is 6.43. The first-order valence-electron chi connectivity index (χ1n) is 12.7. The fourth-order valence-corrected chi connectivity index (χ4v) is 5.08. The minimum Gasteiger partial charge on any atom is -0.426 e. The first kappa shape index (κ1) is 28.8. The molecule has 1 aromatic rings. The number of nitriles is 1. The van der Waals surface area contributed by atoms with Crippen molar-refractivity contribution in [2.75, 3.05) is 26.2 Å². The number of hydrogen-bond donors (Lipinski definition) is 4. The first-order chi connectivity index (χ1) is 17.4. The highest BCUT2D eigenvalue weighted by atomic mass is 19.3. The minimum atomic E-state index is -2.76. The topological polar surface area (TPSA) is 129 Å². The van der Waals surface area contributed by atoms with Crippen molar-refractivity contribution in [2.24, 2.45) is 5.92 Å². The number of nitrogens with one attached hydrogen (secondary N) is 2. The van der Waals surface area contributed by atoms with Crippen LogP contribution in [0.4, 0.5) is 13.6 Å². The van der Waals surface area contributed by atoms with E-state index < -0.39 is 36.5 Å². The lowest BCUT2D eigenvalue weighted by molar-refractivity contribution is -0.136. The number of hydrogen-bond acceptors (Lipinski definition) is 6. The summed E-state index contributed by atoms with van der Waals surface area (Å²) < 4.78 is 27.4.